The van der Waals surface area contributed by atoms with Crippen molar-refractivity contribution in [3.05, 3.63) is 34.9 Å². The second-order valence-corrected chi connectivity index (χ2v) is 7.28. The van der Waals surface area contributed by atoms with E-state index in [0.29, 0.717) is 30.5 Å². The van der Waals surface area contributed by atoms with Gasteiger partial charge >= 0.3 is 0 Å². The smallest absolute Gasteiger partial charge is 0.259 e. The highest BCUT2D eigenvalue weighted by Gasteiger charge is 2.44. The molecule has 130 valence electrons. The number of carbonyl (C=O) groups is 2. The Bertz CT molecular complexity index is 635. The number of nitrogens with zero attached hydrogens (tertiary/aromatic N) is 1. The second kappa shape index (κ2) is 7.09. The molecule has 0 bridgehead atoms. The van der Waals surface area contributed by atoms with Crippen molar-refractivity contribution >= 4 is 23.4 Å². The standard InChI is InChI=1S/C18H22ClFN2O2/c19-15-4-1-3-14(9-15)10-16(23)22-8-2-7-18(20,12-22)17(24)21-11-13-5-6-13/h1,3-4,9,13H,2,5-8,10-12H2,(H,21,24). The van der Waals surface area contributed by atoms with Crippen LogP contribution in [0.2, 0.25) is 5.02 Å². The Morgan fingerprint density at radius 2 is 2.17 bits per heavy atom. The predicted molar refractivity (Wildman–Crippen MR) is 90.5 cm³/mol. The molecule has 2 amide bonds. The number of halogens is 2. The molecule has 6 heteroatoms. The first-order valence-corrected chi connectivity index (χ1v) is 8.83. The predicted octanol–water partition coefficient (Wildman–Crippen LogP) is 2.74. The van der Waals surface area contributed by atoms with Crippen LogP contribution in [0.1, 0.15) is 31.2 Å². The molecule has 3 rings (SSSR count). The van der Waals surface area contributed by atoms with Crippen LogP contribution in [0, 0.1) is 5.92 Å². The fourth-order valence-electron chi connectivity index (χ4n) is 3.06. The summed E-state index contributed by atoms with van der Waals surface area (Å²) in [7, 11) is 0. The van der Waals surface area contributed by atoms with Gasteiger partial charge in [-0.2, -0.15) is 0 Å². The zero-order valence-corrected chi connectivity index (χ0v) is 14.3. The van der Waals surface area contributed by atoms with Gasteiger partial charge in [0.1, 0.15) is 0 Å². The number of hydrogen-bond acceptors (Lipinski definition) is 2. The van der Waals surface area contributed by atoms with Gasteiger partial charge in [-0.05, 0) is 49.3 Å². The van der Waals surface area contributed by atoms with Crippen molar-refractivity contribution in [3.63, 3.8) is 0 Å². The Balaban J connectivity index is 1.59. The SMILES string of the molecule is O=C(Cc1cccc(Cl)c1)N1CCCC(F)(C(=O)NCC2CC2)C1. The second-order valence-electron chi connectivity index (χ2n) is 6.84. The molecule has 24 heavy (non-hydrogen) atoms. The lowest BCUT2D eigenvalue weighted by molar-refractivity contribution is -0.143. The van der Waals surface area contributed by atoms with Crippen LogP contribution in [-0.4, -0.2) is 42.0 Å². The summed E-state index contributed by atoms with van der Waals surface area (Å²) in [5, 5.41) is 3.27. The first-order chi connectivity index (χ1) is 11.5. The summed E-state index contributed by atoms with van der Waals surface area (Å²) < 4.78 is 15.0. The Labute approximate surface area is 146 Å². The van der Waals surface area contributed by atoms with Crippen molar-refractivity contribution < 1.29 is 14.0 Å². The quantitative estimate of drug-likeness (QED) is 0.885. The van der Waals surface area contributed by atoms with Gasteiger partial charge in [-0.3, -0.25) is 9.59 Å². The van der Waals surface area contributed by atoms with E-state index >= 15 is 4.39 Å². The van der Waals surface area contributed by atoms with E-state index in [1.165, 1.54) is 4.90 Å². The highest BCUT2D eigenvalue weighted by atomic mass is 35.5. The largest absolute Gasteiger partial charge is 0.353 e. The molecule has 1 N–H and O–H groups in total. The van der Waals surface area contributed by atoms with Crippen molar-refractivity contribution in [3.8, 4) is 0 Å². The molecule has 1 saturated heterocycles. The maximum absolute atomic E-state index is 15.0. The zero-order valence-electron chi connectivity index (χ0n) is 13.6. The highest BCUT2D eigenvalue weighted by Crippen LogP contribution is 2.29. The van der Waals surface area contributed by atoms with Crippen LogP contribution in [0.4, 0.5) is 4.39 Å². The minimum Gasteiger partial charge on any atom is -0.353 e. The number of amides is 2. The van der Waals surface area contributed by atoms with E-state index in [2.05, 4.69) is 5.32 Å². The van der Waals surface area contributed by atoms with E-state index in [1.807, 2.05) is 6.07 Å². The molecule has 0 spiro atoms. The maximum Gasteiger partial charge on any atom is 0.259 e. The number of alkyl halides is 1. The molecule has 4 nitrogen and oxygen atoms in total. The Hall–Kier alpha value is -1.62. The van der Waals surface area contributed by atoms with Crippen LogP contribution in [0.5, 0.6) is 0 Å². The van der Waals surface area contributed by atoms with Gasteiger partial charge in [-0.1, -0.05) is 23.7 Å². The van der Waals surface area contributed by atoms with Crippen LogP contribution >= 0.6 is 11.6 Å². The van der Waals surface area contributed by atoms with Crippen LogP contribution in [0.3, 0.4) is 0 Å². The van der Waals surface area contributed by atoms with Crippen LogP contribution in [-0.2, 0) is 16.0 Å². The first kappa shape index (κ1) is 17.2. The van der Waals surface area contributed by atoms with Crippen molar-refractivity contribution in [2.45, 2.75) is 37.8 Å². The number of benzene rings is 1. The Morgan fingerprint density at radius 1 is 1.38 bits per heavy atom. The van der Waals surface area contributed by atoms with E-state index in [0.717, 1.165) is 18.4 Å². The lowest BCUT2D eigenvalue weighted by atomic mass is 9.93. The fraction of sp³-hybridized carbons (Fsp3) is 0.556. The molecule has 0 aromatic heterocycles. The number of rotatable bonds is 5. The summed E-state index contributed by atoms with van der Waals surface area (Å²) in [4.78, 5) is 26.1. The average Bonchev–Trinajstić information content (AvgIpc) is 3.37. The summed E-state index contributed by atoms with van der Waals surface area (Å²) >= 11 is 5.93. The summed E-state index contributed by atoms with van der Waals surface area (Å²) in [5.41, 5.74) is -1.18. The fourth-order valence-corrected chi connectivity index (χ4v) is 3.27. The van der Waals surface area contributed by atoms with Crippen molar-refractivity contribution in [2.24, 2.45) is 5.92 Å². The summed E-state index contributed by atoms with van der Waals surface area (Å²) in [6.45, 7) is 0.866. The van der Waals surface area contributed by atoms with Gasteiger partial charge in [0.2, 0.25) is 11.6 Å². The minimum absolute atomic E-state index is 0.164. The van der Waals surface area contributed by atoms with Gasteiger partial charge in [0, 0.05) is 18.1 Å². The number of likely N-dealkylation sites (tertiary alicyclic amines) is 1. The molecule has 1 atom stereocenters. The molecule has 1 aromatic carbocycles. The lowest BCUT2D eigenvalue weighted by Crippen LogP contribution is -2.56. The molecule has 2 fully saturated rings. The zero-order chi connectivity index (χ0) is 17.2. The third kappa shape index (κ3) is 4.26. The molecule has 1 unspecified atom stereocenters. The molecule has 1 heterocycles. The van der Waals surface area contributed by atoms with E-state index < -0.39 is 11.6 Å². The van der Waals surface area contributed by atoms with E-state index in [4.69, 9.17) is 11.6 Å². The highest BCUT2D eigenvalue weighted by molar-refractivity contribution is 6.30. The Kier molecular flexibility index (Phi) is 5.09. The van der Waals surface area contributed by atoms with Gasteiger partial charge in [0.25, 0.3) is 5.91 Å². The molecule has 0 radical (unpaired) electrons. The summed E-state index contributed by atoms with van der Waals surface area (Å²) in [6.07, 6.45) is 3.03. The minimum atomic E-state index is -1.98. The van der Waals surface area contributed by atoms with Gasteiger partial charge in [-0.25, -0.2) is 4.39 Å². The molecule has 1 aromatic rings. The van der Waals surface area contributed by atoms with Gasteiger partial charge in [0.15, 0.2) is 0 Å². The first-order valence-electron chi connectivity index (χ1n) is 8.46. The normalized spacial score (nSPS) is 23.8. The summed E-state index contributed by atoms with van der Waals surface area (Å²) in [6, 6.07) is 7.08. The average molecular weight is 353 g/mol. The molecular weight excluding hydrogens is 331 g/mol. The molecular formula is C18H22ClFN2O2. The number of piperidine rings is 1. The topological polar surface area (TPSA) is 49.4 Å². The molecule has 1 aliphatic carbocycles. The van der Waals surface area contributed by atoms with E-state index in [-0.39, 0.29) is 25.3 Å². The van der Waals surface area contributed by atoms with Crippen LogP contribution in [0.15, 0.2) is 24.3 Å². The van der Waals surface area contributed by atoms with Gasteiger partial charge < -0.3 is 10.2 Å². The van der Waals surface area contributed by atoms with Crippen LogP contribution < -0.4 is 5.32 Å². The summed E-state index contributed by atoms with van der Waals surface area (Å²) in [5.74, 6) is -0.245. The molecule has 1 aliphatic heterocycles. The van der Waals surface area contributed by atoms with E-state index in [9.17, 15) is 9.59 Å². The van der Waals surface area contributed by atoms with E-state index in [1.54, 1.807) is 18.2 Å². The van der Waals surface area contributed by atoms with Crippen molar-refractivity contribution in [1.29, 1.82) is 0 Å². The third-order valence-electron chi connectivity index (χ3n) is 4.69. The molecule has 1 saturated carbocycles. The third-order valence-corrected chi connectivity index (χ3v) is 4.93. The van der Waals surface area contributed by atoms with Crippen molar-refractivity contribution in [1.82, 2.24) is 10.2 Å². The Morgan fingerprint density at radius 3 is 2.88 bits per heavy atom. The van der Waals surface area contributed by atoms with Gasteiger partial charge in [0.05, 0.1) is 13.0 Å². The lowest BCUT2D eigenvalue weighted by Gasteiger charge is -2.36. The molecule has 2 aliphatic rings. The van der Waals surface area contributed by atoms with Crippen molar-refractivity contribution in [2.75, 3.05) is 19.6 Å². The maximum atomic E-state index is 15.0. The monoisotopic (exact) mass is 352 g/mol. The number of nitrogens with one attached hydrogen (secondary N) is 1. The van der Waals surface area contributed by atoms with Gasteiger partial charge in [-0.15, -0.1) is 0 Å². The van der Waals surface area contributed by atoms with Crippen LogP contribution in [0.25, 0.3) is 0 Å². The number of carbonyl (C=O) groups excluding carboxylic acids is 2. The number of hydrogen-bond donors (Lipinski definition) is 1.